The van der Waals surface area contributed by atoms with Crippen LogP contribution in [0.2, 0.25) is 0 Å². The first-order chi connectivity index (χ1) is 12.6. The third kappa shape index (κ3) is 6.12. The SMILES string of the molecule is COc1ccc(CCNC(=O)CNC(=O)Cc2ccccc2)cc1OC. The molecule has 0 heterocycles. The van der Waals surface area contributed by atoms with Gasteiger partial charge in [0.1, 0.15) is 0 Å². The van der Waals surface area contributed by atoms with Crippen molar-refractivity contribution < 1.29 is 19.1 Å². The van der Waals surface area contributed by atoms with Gasteiger partial charge in [-0.25, -0.2) is 0 Å². The molecular formula is C20H24N2O4. The summed E-state index contributed by atoms with van der Waals surface area (Å²) >= 11 is 0. The Kier molecular flexibility index (Phi) is 7.49. The van der Waals surface area contributed by atoms with Gasteiger partial charge in [-0.05, 0) is 29.7 Å². The minimum absolute atomic E-state index is 0.0302. The molecule has 0 atom stereocenters. The van der Waals surface area contributed by atoms with Gasteiger partial charge in [0.2, 0.25) is 11.8 Å². The maximum Gasteiger partial charge on any atom is 0.239 e. The Morgan fingerprint density at radius 2 is 1.58 bits per heavy atom. The Labute approximate surface area is 153 Å². The van der Waals surface area contributed by atoms with Gasteiger partial charge in [-0.15, -0.1) is 0 Å². The molecule has 0 aliphatic rings. The number of amides is 2. The van der Waals surface area contributed by atoms with Crippen molar-refractivity contribution >= 4 is 11.8 Å². The minimum Gasteiger partial charge on any atom is -0.493 e. The van der Waals surface area contributed by atoms with Crippen molar-refractivity contribution in [2.24, 2.45) is 0 Å². The quantitative estimate of drug-likeness (QED) is 0.717. The van der Waals surface area contributed by atoms with Crippen LogP contribution in [0, 0.1) is 0 Å². The zero-order valence-corrected chi connectivity index (χ0v) is 15.1. The van der Waals surface area contributed by atoms with Crippen LogP contribution in [-0.4, -0.2) is 39.1 Å². The topological polar surface area (TPSA) is 76.7 Å². The molecule has 2 rings (SSSR count). The molecule has 0 radical (unpaired) electrons. The smallest absolute Gasteiger partial charge is 0.239 e. The molecule has 0 aliphatic carbocycles. The van der Waals surface area contributed by atoms with Crippen LogP contribution in [-0.2, 0) is 22.4 Å². The molecule has 0 fully saturated rings. The number of nitrogens with one attached hydrogen (secondary N) is 2. The molecule has 0 saturated carbocycles. The number of carbonyl (C=O) groups excluding carboxylic acids is 2. The monoisotopic (exact) mass is 356 g/mol. The Morgan fingerprint density at radius 1 is 0.846 bits per heavy atom. The van der Waals surface area contributed by atoms with Crippen molar-refractivity contribution in [2.45, 2.75) is 12.8 Å². The first kappa shape index (κ1) is 19.3. The van der Waals surface area contributed by atoms with Crippen LogP contribution in [0.3, 0.4) is 0 Å². The third-order valence-electron chi connectivity index (χ3n) is 3.84. The third-order valence-corrected chi connectivity index (χ3v) is 3.84. The van der Waals surface area contributed by atoms with E-state index in [1.165, 1.54) is 0 Å². The van der Waals surface area contributed by atoms with Crippen molar-refractivity contribution in [3.8, 4) is 11.5 Å². The highest BCUT2D eigenvalue weighted by molar-refractivity contribution is 5.85. The predicted molar refractivity (Wildman–Crippen MR) is 99.4 cm³/mol. The van der Waals surface area contributed by atoms with Crippen LogP contribution in [0.4, 0.5) is 0 Å². The summed E-state index contributed by atoms with van der Waals surface area (Å²) in [5, 5.41) is 5.42. The van der Waals surface area contributed by atoms with Crippen molar-refractivity contribution in [3.63, 3.8) is 0 Å². The van der Waals surface area contributed by atoms with Gasteiger partial charge in [-0.1, -0.05) is 36.4 Å². The van der Waals surface area contributed by atoms with E-state index in [1.54, 1.807) is 14.2 Å². The van der Waals surface area contributed by atoms with Crippen molar-refractivity contribution in [1.82, 2.24) is 10.6 Å². The summed E-state index contributed by atoms with van der Waals surface area (Å²) in [6.07, 6.45) is 0.920. The molecule has 0 aromatic heterocycles. The lowest BCUT2D eigenvalue weighted by Crippen LogP contribution is -2.38. The van der Waals surface area contributed by atoms with Crippen LogP contribution in [0.25, 0.3) is 0 Å². The highest BCUT2D eigenvalue weighted by Gasteiger charge is 2.07. The van der Waals surface area contributed by atoms with E-state index < -0.39 is 0 Å². The molecule has 2 aromatic carbocycles. The lowest BCUT2D eigenvalue weighted by molar-refractivity contribution is -0.125. The van der Waals surface area contributed by atoms with E-state index in [0.717, 1.165) is 11.1 Å². The lowest BCUT2D eigenvalue weighted by atomic mass is 10.1. The second-order valence-corrected chi connectivity index (χ2v) is 5.73. The van der Waals surface area contributed by atoms with Crippen LogP contribution >= 0.6 is 0 Å². The summed E-state index contributed by atoms with van der Waals surface area (Å²) in [5.74, 6) is 0.934. The molecule has 138 valence electrons. The number of benzene rings is 2. The van der Waals surface area contributed by atoms with Gasteiger partial charge in [-0.3, -0.25) is 9.59 Å². The van der Waals surface area contributed by atoms with E-state index in [-0.39, 0.29) is 24.8 Å². The van der Waals surface area contributed by atoms with Gasteiger partial charge in [0.15, 0.2) is 11.5 Å². The highest BCUT2D eigenvalue weighted by Crippen LogP contribution is 2.27. The fourth-order valence-corrected chi connectivity index (χ4v) is 2.47. The minimum atomic E-state index is -0.216. The lowest BCUT2D eigenvalue weighted by Gasteiger charge is -2.10. The standard InChI is InChI=1S/C20H24N2O4/c1-25-17-9-8-16(12-18(17)26-2)10-11-21-20(24)14-22-19(23)13-15-6-4-3-5-7-15/h3-9,12H,10-11,13-14H2,1-2H3,(H,21,24)(H,22,23). The molecule has 26 heavy (non-hydrogen) atoms. The van der Waals surface area contributed by atoms with Crippen LogP contribution in [0.5, 0.6) is 11.5 Å². The molecule has 0 aliphatic heterocycles. The summed E-state index contributed by atoms with van der Waals surface area (Å²) < 4.78 is 10.5. The Balaban J connectivity index is 1.69. The summed E-state index contributed by atoms with van der Waals surface area (Å²) in [5.41, 5.74) is 1.94. The average Bonchev–Trinajstić information content (AvgIpc) is 2.67. The Bertz CT molecular complexity index is 732. The summed E-state index contributed by atoms with van der Waals surface area (Å²) in [7, 11) is 3.17. The number of hydrogen-bond acceptors (Lipinski definition) is 4. The molecule has 0 unspecified atom stereocenters. The number of hydrogen-bond donors (Lipinski definition) is 2. The summed E-state index contributed by atoms with van der Waals surface area (Å²) in [6.45, 7) is 0.445. The van der Waals surface area contributed by atoms with Gasteiger partial charge in [-0.2, -0.15) is 0 Å². The first-order valence-electron chi connectivity index (χ1n) is 8.40. The van der Waals surface area contributed by atoms with E-state index in [2.05, 4.69) is 10.6 Å². The molecule has 0 bridgehead atoms. The Hall–Kier alpha value is -3.02. The highest BCUT2D eigenvalue weighted by atomic mass is 16.5. The second kappa shape index (κ2) is 10.1. The van der Waals surface area contributed by atoms with Crippen LogP contribution < -0.4 is 20.1 Å². The number of carbonyl (C=O) groups is 2. The Morgan fingerprint density at radius 3 is 2.27 bits per heavy atom. The van der Waals surface area contributed by atoms with E-state index in [0.29, 0.717) is 24.5 Å². The van der Waals surface area contributed by atoms with Gasteiger partial charge in [0.25, 0.3) is 0 Å². The average molecular weight is 356 g/mol. The predicted octanol–water partition coefficient (Wildman–Crippen LogP) is 1.72. The largest absolute Gasteiger partial charge is 0.493 e. The summed E-state index contributed by atoms with van der Waals surface area (Å²) in [6, 6.07) is 15.0. The maximum absolute atomic E-state index is 11.8. The van der Waals surface area contributed by atoms with Crippen LogP contribution in [0.15, 0.2) is 48.5 Å². The normalized spacial score (nSPS) is 10.1. The van der Waals surface area contributed by atoms with Crippen molar-refractivity contribution in [3.05, 3.63) is 59.7 Å². The van der Waals surface area contributed by atoms with Gasteiger partial charge < -0.3 is 20.1 Å². The van der Waals surface area contributed by atoms with E-state index in [9.17, 15) is 9.59 Å². The number of rotatable bonds is 9. The van der Waals surface area contributed by atoms with E-state index >= 15 is 0 Å². The molecule has 2 amide bonds. The fourth-order valence-electron chi connectivity index (χ4n) is 2.47. The maximum atomic E-state index is 11.8. The molecule has 6 heteroatoms. The molecule has 6 nitrogen and oxygen atoms in total. The number of methoxy groups -OCH3 is 2. The fraction of sp³-hybridized carbons (Fsp3) is 0.300. The first-order valence-corrected chi connectivity index (χ1v) is 8.40. The molecular weight excluding hydrogens is 332 g/mol. The zero-order valence-electron chi connectivity index (χ0n) is 15.1. The van der Waals surface area contributed by atoms with Gasteiger partial charge >= 0.3 is 0 Å². The van der Waals surface area contributed by atoms with Gasteiger partial charge in [0, 0.05) is 6.54 Å². The molecule has 0 saturated heterocycles. The van der Waals surface area contributed by atoms with E-state index in [4.69, 9.17) is 9.47 Å². The van der Waals surface area contributed by atoms with Gasteiger partial charge in [0.05, 0.1) is 27.2 Å². The van der Waals surface area contributed by atoms with Crippen LogP contribution in [0.1, 0.15) is 11.1 Å². The summed E-state index contributed by atoms with van der Waals surface area (Å²) in [4.78, 5) is 23.7. The second-order valence-electron chi connectivity index (χ2n) is 5.73. The van der Waals surface area contributed by atoms with Crippen molar-refractivity contribution in [2.75, 3.05) is 27.3 Å². The molecule has 2 aromatic rings. The van der Waals surface area contributed by atoms with Crippen molar-refractivity contribution in [1.29, 1.82) is 0 Å². The zero-order chi connectivity index (χ0) is 18.8. The number of ether oxygens (including phenoxy) is 2. The van der Waals surface area contributed by atoms with E-state index in [1.807, 2.05) is 48.5 Å². The molecule has 2 N–H and O–H groups in total. The molecule has 0 spiro atoms.